The van der Waals surface area contributed by atoms with Gasteiger partial charge in [-0.1, -0.05) is 24.3 Å². The van der Waals surface area contributed by atoms with E-state index in [0.29, 0.717) is 0 Å². The van der Waals surface area contributed by atoms with Crippen LogP contribution in [0.15, 0.2) is 54.7 Å². The third-order valence-electron chi connectivity index (χ3n) is 3.93. The van der Waals surface area contributed by atoms with Gasteiger partial charge in [0.2, 0.25) is 5.88 Å². The molecule has 30 heavy (non-hydrogen) atoms. The van der Waals surface area contributed by atoms with Crippen molar-refractivity contribution in [2.75, 3.05) is 0 Å². The zero-order valence-corrected chi connectivity index (χ0v) is 15.0. The first kappa shape index (κ1) is 20.7. The Hall–Kier alpha value is -4.02. The molecule has 0 spiro atoms. The summed E-state index contributed by atoms with van der Waals surface area (Å²) in [7, 11) is 0. The topological polar surface area (TPSA) is 115 Å². The van der Waals surface area contributed by atoms with Gasteiger partial charge in [0, 0.05) is 23.9 Å². The summed E-state index contributed by atoms with van der Waals surface area (Å²) >= 11 is 0. The summed E-state index contributed by atoms with van der Waals surface area (Å²) < 4.78 is 43.9. The Balaban J connectivity index is 1.92. The predicted octanol–water partition coefficient (Wildman–Crippen LogP) is 4.35. The minimum Gasteiger partial charge on any atom is -0.477 e. The molecule has 154 valence electrons. The van der Waals surface area contributed by atoms with Gasteiger partial charge in [-0.3, -0.25) is 10.1 Å². The average Bonchev–Trinajstić information content (AvgIpc) is 2.71. The van der Waals surface area contributed by atoms with Crippen molar-refractivity contribution in [3.05, 3.63) is 81.5 Å². The van der Waals surface area contributed by atoms with Crippen LogP contribution in [0.25, 0.3) is 11.4 Å². The molecule has 0 saturated carbocycles. The number of benzene rings is 2. The van der Waals surface area contributed by atoms with Gasteiger partial charge in [0.15, 0.2) is 5.82 Å². The van der Waals surface area contributed by atoms with Gasteiger partial charge in [0.1, 0.15) is 12.2 Å². The van der Waals surface area contributed by atoms with Crippen LogP contribution in [-0.2, 0) is 12.8 Å². The number of carboxylic acids is 1. The molecule has 1 aromatic heterocycles. The molecule has 3 rings (SSSR count). The van der Waals surface area contributed by atoms with Crippen molar-refractivity contribution in [2.45, 2.75) is 12.8 Å². The van der Waals surface area contributed by atoms with Crippen molar-refractivity contribution in [3.63, 3.8) is 0 Å². The Morgan fingerprint density at radius 2 is 1.90 bits per heavy atom. The fourth-order valence-electron chi connectivity index (χ4n) is 2.51. The number of aromatic nitrogens is 2. The van der Waals surface area contributed by atoms with Crippen LogP contribution in [0.3, 0.4) is 0 Å². The number of halogens is 3. The van der Waals surface area contributed by atoms with E-state index in [2.05, 4.69) is 9.97 Å². The highest BCUT2D eigenvalue weighted by Gasteiger charge is 2.30. The van der Waals surface area contributed by atoms with Crippen LogP contribution in [-0.4, -0.2) is 26.0 Å². The fourth-order valence-corrected chi connectivity index (χ4v) is 2.51. The molecule has 11 heteroatoms. The van der Waals surface area contributed by atoms with E-state index < -0.39 is 28.2 Å². The number of carbonyl (C=O) groups is 1. The molecule has 8 nitrogen and oxygen atoms in total. The van der Waals surface area contributed by atoms with Crippen LogP contribution in [0, 0.1) is 10.1 Å². The van der Waals surface area contributed by atoms with E-state index in [1.807, 2.05) is 0 Å². The second kappa shape index (κ2) is 8.15. The normalized spacial score (nSPS) is 11.2. The number of rotatable bonds is 6. The number of hydrogen-bond acceptors (Lipinski definition) is 6. The minimum atomic E-state index is -4.54. The van der Waals surface area contributed by atoms with Crippen LogP contribution >= 0.6 is 0 Å². The Labute approximate surface area is 166 Å². The van der Waals surface area contributed by atoms with Gasteiger partial charge < -0.3 is 9.84 Å². The van der Waals surface area contributed by atoms with Gasteiger partial charge >= 0.3 is 12.1 Å². The van der Waals surface area contributed by atoms with E-state index in [4.69, 9.17) is 4.74 Å². The number of aromatic carboxylic acids is 1. The number of ether oxygens (including phenoxy) is 1. The molecule has 0 bridgehead atoms. The fraction of sp³-hybridized carbons (Fsp3) is 0.105. The molecule has 0 aliphatic carbocycles. The summed E-state index contributed by atoms with van der Waals surface area (Å²) in [6, 6.07) is 9.73. The lowest BCUT2D eigenvalue weighted by Crippen LogP contribution is -2.09. The predicted molar refractivity (Wildman–Crippen MR) is 96.9 cm³/mol. The molecule has 0 amide bonds. The Bertz CT molecular complexity index is 1120. The highest BCUT2D eigenvalue weighted by Crippen LogP contribution is 2.30. The third-order valence-corrected chi connectivity index (χ3v) is 3.93. The van der Waals surface area contributed by atoms with Gasteiger partial charge in [-0.15, -0.1) is 0 Å². The van der Waals surface area contributed by atoms with Gasteiger partial charge in [0.25, 0.3) is 5.69 Å². The van der Waals surface area contributed by atoms with Gasteiger partial charge in [0.05, 0.1) is 10.5 Å². The number of nitro groups is 1. The summed E-state index contributed by atoms with van der Waals surface area (Å²) in [5.74, 6) is -1.82. The number of nitro benzene ring substituents is 1. The average molecular weight is 419 g/mol. The number of hydrogen-bond donors (Lipinski definition) is 1. The second-order valence-corrected chi connectivity index (χ2v) is 6.01. The number of carboxylic acid groups (broad SMARTS) is 1. The quantitative estimate of drug-likeness (QED) is 0.466. The lowest BCUT2D eigenvalue weighted by Gasteiger charge is -2.11. The smallest absolute Gasteiger partial charge is 0.416 e. The molecular weight excluding hydrogens is 407 g/mol. The number of nitrogens with zero attached hydrogens (tertiary/aromatic N) is 3. The van der Waals surface area contributed by atoms with Crippen LogP contribution in [0.5, 0.6) is 5.88 Å². The summed E-state index contributed by atoms with van der Waals surface area (Å²) in [4.78, 5) is 29.6. The Morgan fingerprint density at radius 3 is 2.57 bits per heavy atom. The van der Waals surface area contributed by atoms with Crippen molar-refractivity contribution in [3.8, 4) is 17.3 Å². The maximum atomic E-state index is 12.8. The number of non-ortho nitro benzene ring substituents is 1. The second-order valence-electron chi connectivity index (χ2n) is 6.01. The third kappa shape index (κ3) is 4.69. The Morgan fingerprint density at radius 1 is 1.17 bits per heavy atom. The van der Waals surface area contributed by atoms with Gasteiger partial charge in [-0.2, -0.15) is 18.2 Å². The molecule has 0 saturated heterocycles. The zero-order valence-electron chi connectivity index (χ0n) is 15.0. The van der Waals surface area contributed by atoms with Gasteiger partial charge in [-0.05, 0) is 17.7 Å². The van der Waals surface area contributed by atoms with Crippen molar-refractivity contribution >= 4 is 11.7 Å². The molecule has 0 aliphatic heterocycles. The summed E-state index contributed by atoms with van der Waals surface area (Å²) in [6.45, 7) is -0.379. The first-order valence-electron chi connectivity index (χ1n) is 8.29. The number of alkyl halides is 3. The van der Waals surface area contributed by atoms with E-state index in [1.165, 1.54) is 36.4 Å². The summed E-state index contributed by atoms with van der Waals surface area (Å²) in [5, 5.41) is 20.2. The molecule has 1 heterocycles. The van der Waals surface area contributed by atoms with Crippen molar-refractivity contribution in [1.29, 1.82) is 0 Å². The molecule has 0 radical (unpaired) electrons. The molecule has 0 fully saturated rings. The SMILES string of the molecule is O=C(O)c1cnc(-c2cccc([N+](=O)[O-])c2)nc1OCc1cccc(C(F)(F)F)c1. The van der Waals surface area contributed by atoms with Crippen LogP contribution in [0.2, 0.25) is 0 Å². The molecular formula is C19H12F3N3O5. The highest BCUT2D eigenvalue weighted by molar-refractivity contribution is 5.90. The lowest BCUT2D eigenvalue weighted by atomic mass is 10.1. The first-order chi connectivity index (χ1) is 14.1. The van der Waals surface area contributed by atoms with E-state index in [-0.39, 0.29) is 35.1 Å². The van der Waals surface area contributed by atoms with Crippen LogP contribution in [0.4, 0.5) is 18.9 Å². The van der Waals surface area contributed by atoms with E-state index >= 15 is 0 Å². The monoisotopic (exact) mass is 419 g/mol. The van der Waals surface area contributed by atoms with E-state index in [0.717, 1.165) is 18.3 Å². The lowest BCUT2D eigenvalue weighted by molar-refractivity contribution is -0.384. The molecule has 0 atom stereocenters. The van der Waals surface area contributed by atoms with Crippen molar-refractivity contribution < 1.29 is 32.7 Å². The van der Waals surface area contributed by atoms with Gasteiger partial charge in [-0.25, -0.2) is 9.78 Å². The van der Waals surface area contributed by atoms with Crippen LogP contribution in [0.1, 0.15) is 21.5 Å². The maximum absolute atomic E-state index is 12.8. The van der Waals surface area contributed by atoms with E-state index in [9.17, 15) is 33.2 Å². The van der Waals surface area contributed by atoms with Crippen molar-refractivity contribution in [1.82, 2.24) is 9.97 Å². The zero-order chi connectivity index (χ0) is 21.9. The summed E-state index contributed by atoms with van der Waals surface area (Å²) in [5.41, 5.74) is -1.11. The largest absolute Gasteiger partial charge is 0.477 e. The Kier molecular flexibility index (Phi) is 5.63. The highest BCUT2D eigenvalue weighted by atomic mass is 19.4. The van der Waals surface area contributed by atoms with E-state index in [1.54, 1.807) is 0 Å². The molecule has 0 unspecified atom stereocenters. The molecule has 2 aromatic carbocycles. The van der Waals surface area contributed by atoms with Crippen LogP contribution < -0.4 is 4.74 Å². The molecule has 3 aromatic rings. The summed E-state index contributed by atoms with van der Waals surface area (Å²) in [6.07, 6.45) is -3.57. The van der Waals surface area contributed by atoms with Crippen molar-refractivity contribution in [2.24, 2.45) is 0 Å². The molecule has 0 aliphatic rings. The molecule has 1 N–H and O–H groups in total. The maximum Gasteiger partial charge on any atom is 0.416 e. The minimum absolute atomic E-state index is 0.0391. The first-order valence-corrected chi connectivity index (χ1v) is 8.29. The standard InChI is InChI=1S/C19H12F3N3O5/c20-19(21,22)13-5-1-3-11(7-13)10-30-17-15(18(26)27)9-23-16(24-17)12-4-2-6-14(8-12)25(28)29/h1-9H,10H2,(H,26,27).